The highest BCUT2D eigenvalue weighted by molar-refractivity contribution is 6.31. The van der Waals surface area contributed by atoms with Gasteiger partial charge in [0.05, 0.1) is 6.26 Å². The molecule has 2 aromatic rings. The number of hydrogen-bond donors (Lipinski definition) is 0. The van der Waals surface area contributed by atoms with Gasteiger partial charge in [-0.3, -0.25) is 0 Å². The van der Waals surface area contributed by atoms with Crippen molar-refractivity contribution in [3.63, 3.8) is 0 Å². The van der Waals surface area contributed by atoms with Gasteiger partial charge in [0.2, 0.25) is 0 Å². The summed E-state index contributed by atoms with van der Waals surface area (Å²) in [6.07, 6.45) is 2.43. The molecule has 0 atom stereocenters. The summed E-state index contributed by atoms with van der Waals surface area (Å²) in [7, 11) is 0. The Morgan fingerprint density at radius 2 is 2.14 bits per heavy atom. The van der Waals surface area contributed by atoms with Crippen molar-refractivity contribution in [1.29, 1.82) is 0 Å². The molecule has 0 amide bonds. The maximum absolute atomic E-state index is 6.10. The quantitative estimate of drug-likeness (QED) is 0.728. The Hall–Kier alpha value is -1.21. The molecule has 0 N–H and O–H groups in total. The fraction of sp³-hybridized carbons (Fsp3) is 0.167. The average molecular weight is 207 g/mol. The van der Waals surface area contributed by atoms with Crippen LogP contribution in [-0.2, 0) is 6.42 Å². The Bertz CT molecular complexity index is 418. The van der Waals surface area contributed by atoms with Crippen molar-refractivity contribution in [3.05, 3.63) is 58.5 Å². The predicted octanol–water partition coefficient (Wildman–Crippen LogP) is 3.83. The summed E-state index contributed by atoms with van der Waals surface area (Å²) in [5.41, 5.74) is 2.28. The number of rotatable bonds is 2. The minimum atomic E-state index is 0.756. The van der Waals surface area contributed by atoms with E-state index in [0.717, 1.165) is 22.8 Å². The lowest BCUT2D eigenvalue weighted by atomic mass is 10.1. The summed E-state index contributed by atoms with van der Waals surface area (Å²) in [5.74, 6) is 0.941. The summed E-state index contributed by atoms with van der Waals surface area (Å²) in [5, 5.41) is 0.807. The van der Waals surface area contributed by atoms with E-state index in [9.17, 15) is 0 Å². The molecule has 0 aliphatic rings. The zero-order valence-electron chi connectivity index (χ0n) is 7.96. The summed E-state index contributed by atoms with van der Waals surface area (Å²) in [6, 6.07) is 9.91. The van der Waals surface area contributed by atoms with Crippen LogP contribution >= 0.6 is 11.6 Å². The zero-order chi connectivity index (χ0) is 9.97. The van der Waals surface area contributed by atoms with Gasteiger partial charge in [-0.25, -0.2) is 0 Å². The molecule has 0 saturated carbocycles. The van der Waals surface area contributed by atoms with E-state index >= 15 is 0 Å². The standard InChI is InChI=1S/C12H11ClO/c1-9-4-5-10(12(13)7-9)8-11-3-2-6-14-11/h2-7H,8H2,1H3. The Morgan fingerprint density at radius 3 is 2.79 bits per heavy atom. The normalized spacial score (nSPS) is 10.4. The third kappa shape index (κ3) is 1.99. The van der Waals surface area contributed by atoms with Gasteiger partial charge in [-0.15, -0.1) is 0 Å². The number of hydrogen-bond acceptors (Lipinski definition) is 1. The monoisotopic (exact) mass is 206 g/mol. The topological polar surface area (TPSA) is 13.1 Å². The van der Waals surface area contributed by atoms with Crippen LogP contribution in [0.2, 0.25) is 5.02 Å². The highest BCUT2D eigenvalue weighted by Crippen LogP contribution is 2.20. The van der Waals surface area contributed by atoms with Crippen LogP contribution in [0.4, 0.5) is 0 Å². The van der Waals surface area contributed by atoms with Crippen molar-refractivity contribution in [2.24, 2.45) is 0 Å². The Balaban J connectivity index is 2.25. The lowest BCUT2D eigenvalue weighted by Crippen LogP contribution is -1.87. The van der Waals surface area contributed by atoms with Crippen LogP contribution < -0.4 is 0 Å². The van der Waals surface area contributed by atoms with E-state index in [4.69, 9.17) is 16.0 Å². The van der Waals surface area contributed by atoms with Crippen molar-refractivity contribution in [1.82, 2.24) is 0 Å². The zero-order valence-corrected chi connectivity index (χ0v) is 8.71. The summed E-state index contributed by atoms with van der Waals surface area (Å²) < 4.78 is 5.26. The van der Waals surface area contributed by atoms with Crippen LogP contribution in [0.15, 0.2) is 41.0 Å². The molecule has 1 aromatic heterocycles. The third-order valence-electron chi connectivity index (χ3n) is 2.15. The van der Waals surface area contributed by atoms with E-state index in [0.29, 0.717) is 0 Å². The molecule has 0 saturated heterocycles. The second-order valence-electron chi connectivity index (χ2n) is 3.35. The van der Waals surface area contributed by atoms with Crippen LogP contribution in [0.3, 0.4) is 0 Å². The van der Waals surface area contributed by atoms with Crippen molar-refractivity contribution < 1.29 is 4.42 Å². The molecule has 0 aliphatic heterocycles. The Morgan fingerprint density at radius 1 is 1.29 bits per heavy atom. The molecule has 72 valence electrons. The van der Waals surface area contributed by atoms with Crippen LogP contribution in [-0.4, -0.2) is 0 Å². The molecule has 2 rings (SSSR count). The first-order valence-corrected chi connectivity index (χ1v) is 4.91. The second kappa shape index (κ2) is 3.89. The van der Waals surface area contributed by atoms with E-state index < -0.39 is 0 Å². The molecule has 2 heteroatoms. The first kappa shape index (κ1) is 9.35. The van der Waals surface area contributed by atoms with E-state index in [2.05, 4.69) is 6.07 Å². The summed E-state index contributed by atoms with van der Waals surface area (Å²) in [4.78, 5) is 0. The molecule has 0 fully saturated rings. The smallest absolute Gasteiger partial charge is 0.108 e. The van der Waals surface area contributed by atoms with Crippen LogP contribution in [0, 0.1) is 6.92 Å². The molecule has 1 nitrogen and oxygen atoms in total. The van der Waals surface area contributed by atoms with Crippen LogP contribution in [0.25, 0.3) is 0 Å². The molecule has 0 unspecified atom stereocenters. The minimum Gasteiger partial charge on any atom is -0.469 e. The van der Waals surface area contributed by atoms with Crippen LogP contribution in [0.5, 0.6) is 0 Å². The molecular weight excluding hydrogens is 196 g/mol. The highest BCUT2D eigenvalue weighted by Gasteiger charge is 2.03. The SMILES string of the molecule is Cc1ccc(Cc2ccco2)c(Cl)c1. The van der Waals surface area contributed by atoms with Gasteiger partial charge < -0.3 is 4.42 Å². The molecule has 0 aliphatic carbocycles. The first-order valence-electron chi connectivity index (χ1n) is 4.53. The number of benzene rings is 1. The highest BCUT2D eigenvalue weighted by atomic mass is 35.5. The number of furan rings is 1. The second-order valence-corrected chi connectivity index (χ2v) is 3.76. The summed E-state index contributed by atoms with van der Waals surface area (Å²) >= 11 is 6.10. The largest absolute Gasteiger partial charge is 0.469 e. The van der Waals surface area contributed by atoms with Crippen molar-refractivity contribution >= 4 is 11.6 Å². The average Bonchev–Trinajstić information content (AvgIpc) is 2.62. The first-order chi connectivity index (χ1) is 6.75. The maximum atomic E-state index is 6.10. The van der Waals surface area contributed by atoms with E-state index in [-0.39, 0.29) is 0 Å². The number of aryl methyl sites for hydroxylation is 1. The van der Waals surface area contributed by atoms with Crippen molar-refractivity contribution in [3.8, 4) is 0 Å². The van der Waals surface area contributed by atoms with Crippen molar-refractivity contribution in [2.75, 3.05) is 0 Å². The van der Waals surface area contributed by atoms with Gasteiger partial charge in [-0.2, -0.15) is 0 Å². The van der Waals surface area contributed by atoms with Gasteiger partial charge in [0.25, 0.3) is 0 Å². The van der Waals surface area contributed by atoms with Crippen molar-refractivity contribution in [2.45, 2.75) is 13.3 Å². The Kier molecular flexibility index (Phi) is 2.60. The fourth-order valence-electron chi connectivity index (χ4n) is 1.40. The van der Waals surface area contributed by atoms with Gasteiger partial charge in [-0.05, 0) is 36.2 Å². The molecule has 1 aromatic carbocycles. The van der Waals surface area contributed by atoms with Gasteiger partial charge in [0.1, 0.15) is 5.76 Å². The van der Waals surface area contributed by atoms with Gasteiger partial charge in [-0.1, -0.05) is 23.7 Å². The van der Waals surface area contributed by atoms with E-state index in [1.54, 1.807) is 6.26 Å². The van der Waals surface area contributed by atoms with Crippen LogP contribution in [0.1, 0.15) is 16.9 Å². The Labute approximate surface area is 88.3 Å². The maximum Gasteiger partial charge on any atom is 0.108 e. The molecule has 0 radical (unpaired) electrons. The lowest BCUT2D eigenvalue weighted by Gasteiger charge is -2.02. The van der Waals surface area contributed by atoms with Gasteiger partial charge in [0.15, 0.2) is 0 Å². The summed E-state index contributed by atoms with van der Waals surface area (Å²) in [6.45, 7) is 2.03. The molecule has 14 heavy (non-hydrogen) atoms. The molecule has 0 spiro atoms. The predicted molar refractivity (Wildman–Crippen MR) is 57.7 cm³/mol. The minimum absolute atomic E-state index is 0.756. The lowest BCUT2D eigenvalue weighted by molar-refractivity contribution is 0.521. The molecule has 1 heterocycles. The molecular formula is C12H11ClO. The fourth-order valence-corrected chi connectivity index (χ4v) is 1.70. The molecule has 0 bridgehead atoms. The van der Waals surface area contributed by atoms with E-state index in [1.807, 2.05) is 31.2 Å². The van der Waals surface area contributed by atoms with Gasteiger partial charge in [0, 0.05) is 11.4 Å². The third-order valence-corrected chi connectivity index (χ3v) is 2.51. The van der Waals surface area contributed by atoms with E-state index in [1.165, 1.54) is 5.56 Å². The van der Waals surface area contributed by atoms with Gasteiger partial charge >= 0.3 is 0 Å². The number of halogens is 1.